The Hall–Kier alpha value is -0.870. The molecule has 2 rings (SSSR count). The van der Waals surface area contributed by atoms with Crippen molar-refractivity contribution in [2.45, 2.75) is 19.8 Å². The second-order valence-electron chi connectivity index (χ2n) is 4.29. The molecule has 0 amide bonds. The Labute approximate surface area is 124 Å². The smallest absolute Gasteiger partial charge is 0.290 e. The maximum atomic E-state index is 8.36. The zero-order chi connectivity index (χ0) is 14.3. The van der Waals surface area contributed by atoms with Crippen LogP contribution in [0.4, 0.5) is 0 Å². The molecule has 0 spiro atoms. The van der Waals surface area contributed by atoms with Gasteiger partial charge >= 0.3 is 0 Å². The molecule has 19 heavy (non-hydrogen) atoms. The van der Waals surface area contributed by atoms with Crippen LogP contribution in [-0.4, -0.2) is 41.4 Å². The van der Waals surface area contributed by atoms with Crippen LogP contribution in [0.25, 0.3) is 0 Å². The van der Waals surface area contributed by atoms with Crippen LogP contribution in [0.5, 0.6) is 0 Å². The second-order valence-corrected chi connectivity index (χ2v) is 4.94. The van der Waals surface area contributed by atoms with E-state index in [1.165, 1.54) is 37.8 Å². The largest absolute Gasteiger partial charge is 0.483 e. The molecule has 1 aliphatic heterocycles. The summed E-state index contributed by atoms with van der Waals surface area (Å²) in [6.07, 6.45) is 2.78. The third-order valence-electron chi connectivity index (χ3n) is 3.04. The number of hydrogen-bond acceptors (Lipinski definition) is 2. The van der Waals surface area contributed by atoms with E-state index in [2.05, 4.69) is 27.8 Å². The zero-order valence-electron chi connectivity index (χ0n) is 11.5. The van der Waals surface area contributed by atoms with E-state index in [0.717, 1.165) is 5.92 Å². The average Bonchev–Trinajstić information content (AvgIpc) is 2.50. The quantitative estimate of drug-likeness (QED) is 0.666. The summed E-state index contributed by atoms with van der Waals surface area (Å²) in [7, 11) is 0. The molecule has 0 bridgehead atoms. The molecule has 1 aromatic carbocycles. The lowest BCUT2D eigenvalue weighted by molar-refractivity contribution is -0.122. The number of likely N-dealkylation sites (tertiary alicyclic amines) is 1. The number of alkyl halides is 1. The number of hydrogen-bond donors (Lipinski definition) is 1. The van der Waals surface area contributed by atoms with Crippen molar-refractivity contribution in [1.82, 2.24) is 4.90 Å². The van der Waals surface area contributed by atoms with Crippen molar-refractivity contribution in [3.05, 3.63) is 36.4 Å². The highest BCUT2D eigenvalue weighted by atomic mass is 79.9. The molecule has 1 aromatic rings. The van der Waals surface area contributed by atoms with Gasteiger partial charge in [-0.15, -0.1) is 0 Å². The number of rotatable bonds is 2. The Morgan fingerprint density at radius 1 is 1.16 bits per heavy atom. The molecule has 1 heterocycles. The highest BCUT2D eigenvalue weighted by molar-refractivity contribution is 9.09. The first-order chi connectivity index (χ1) is 9.28. The average molecular weight is 330 g/mol. The van der Waals surface area contributed by atoms with Gasteiger partial charge in [0.2, 0.25) is 0 Å². The summed E-state index contributed by atoms with van der Waals surface area (Å²) in [6, 6.07) is 12.0. The van der Waals surface area contributed by atoms with Crippen molar-refractivity contribution in [3.63, 3.8) is 0 Å². The summed E-state index contributed by atoms with van der Waals surface area (Å²) in [5.41, 5.74) is 0. The molecule has 0 aromatic heterocycles. The van der Waals surface area contributed by atoms with Crippen molar-refractivity contribution >= 4 is 22.4 Å². The topological polar surface area (TPSA) is 40.5 Å². The van der Waals surface area contributed by atoms with Crippen molar-refractivity contribution < 1.29 is 9.90 Å². The molecular weight excluding hydrogens is 306 g/mol. The molecule has 0 atom stereocenters. The van der Waals surface area contributed by atoms with Crippen LogP contribution in [0.15, 0.2) is 36.4 Å². The fourth-order valence-electron chi connectivity index (χ4n) is 1.84. The first kappa shape index (κ1) is 18.1. The SMILES string of the molecule is CCN1CCC(CBr)CC1.O=CO.c1ccccc1. The second kappa shape index (κ2) is 13.6. The van der Waals surface area contributed by atoms with Crippen LogP contribution >= 0.6 is 15.9 Å². The minimum Gasteiger partial charge on any atom is -0.483 e. The van der Waals surface area contributed by atoms with Crippen molar-refractivity contribution in [1.29, 1.82) is 0 Å². The summed E-state index contributed by atoms with van der Waals surface area (Å²) in [6.45, 7) is 5.85. The van der Waals surface area contributed by atoms with Crippen molar-refractivity contribution in [3.8, 4) is 0 Å². The lowest BCUT2D eigenvalue weighted by Crippen LogP contribution is -2.33. The van der Waals surface area contributed by atoms with E-state index < -0.39 is 0 Å². The summed E-state index contributed by atoms with van der Waals surface area (Å²) >= 11 is 3.53. The first-order valence-electron chi connectivity index (χ1n) is 6.64. The van der Waals surface area contributed by atoms with Gasteiger partial charge in [0.1, 0.15) is 0 Å². The number of nitrogens with zero attached hydrogens (tertiary/aromatic N) is 1. The monoisotopic (exact) mass is 329 g/mol. The lowest BCUT2D eigenvalue weighted by Gasteiger charge is -2.29. The fourth-order valence-corrected chi connectivity index (χ4v) is 2.49. The summed E-state index contributed by atoms with van der Waals surface area (Å²) in [5, 5.41) is 8.09. The normalized spacial score (nSPS) is 15.5. The maximum absolute atomic E-state index is 8.36. The molecule has 1 saturated heterocycles. The minimum atomic E-state index is -0.250. The third-order valence-corrected chi connectivity index (χ3v) is 3.95. The van der Waals surface area contributed by atoms with E-state index >= 15 is 0 Å². The Bertz CT molecular complexity index is 249. The van der Waals surface area contributed by atoms with Gasteiger partial charge in [0.15, 0.2) is 0 Å². The van der Waals surface area contributed by atoms with Gasteiger partial charge in [-0.05, 0) is 38.4 Å². The van der Waals surface area contributed by atoms with Gasteiger partial charge in [0.05, 0.1) is 0 Å². The predicted octanol–water partition coefficient (Wildman–Crippen LogP) is 3.50. The molecule has 1 aliphatic rings. The molecule has 1 fully saturated rings. The van der Waals surface area contributed by atoms with Gasteiger partial charge in [-0.2, -0.15) is 0 Å². The van der Waals surface area contributed by atoms with Gasteiger partial charge < -0.3 is 10.0 Å². The molecule has 0 saturated carbocycles. The van der Waals surface area contributed by atoms with E-state index in [0.29, 0.717) is 0 Å². The van der Waals surface area contributed by atoms with Crippen LogP contribution in [0.3, 0.4) is 0 Å². The molecular formula is C15H24BrNO2. The first-order valence-corrected chi connectivity index (χ1v) is 7.76. The number of halogens is 1. The Kier molecular flexibility index (Phi) is 12.9. The van der Waals surface area contributed by atoms with Gasteiger partial charge in [0.25, 0.3) is 6.47 Å². The molecule has 1 N–H and O–H groups in total. The number of piperidine rings is 1. The van der Waals surface area contributed by atoms with Gasteiger partial charge in [-0.1, -0.05) is 59.3 Å². The van der Waals surface area contributed by atoms with E-state index in [1.54, 1.807) is 0 Å². The van der Waals surface area contributed by atoms with Crippen LogP contribution in [0, 0.1) is 5.92 Å². The summed E-state index contributed by atoms with van der Waals surface area (Å²) in [4.78, 5) is 10.9. The number of carboxylic acid groups (broad SMARTS) is 1. The molecule has 108 valence electrons. The predicted molar refractivity (Wildman–Crippen MR) is 83.8 cm³/mol. The minimum absolute atomic E-state index is 0.250. The Balaban J connectivity index is 0.000000306. The van der Waals surface area contributed by atoms with Crippen molar-refractivity contribution in [2.24, 2.45) is 5.92 Å². The zero-order valence-corrected chi connectivity index (χ0v) is 13.1. The number of carbonyl (C=O) groups is 1. The Morgan fingerprint density at radius 3 is 1.79 bits per heavy atom. The molecule has 0 aliphatic carbocycles. The molecule has 3 nitrogen and oxygen atoms in total. The maximum Gasteiger partial charge on any atom is 0.290 e. The lowest BCUT2D eigenvalue weighted by atomic mass is 9.99. The van der Waals surface area contributed by atoms with E-state index in [-0.39, 0.29) is 6.47 Å². The van der Waals surface area contributed by atoms with E-state index in [1.807, 2.05) is 36.4 Å². The van der Waals surface area contributed by atoms with E-state index in [4.69, 9.17) is 9.90 Å². The third kappa shape index (κ3) is 10.7. The van der Waals surface area contributed by atoms with Crippen LogP contribution in [0.1, 0.15) is 19.8 Å². The standard InChI is InChI=1S/C8H16BrN.C6H6.CH2O2/c1-2-10-5-3-8(7-9)4-6-10;1-2-4-6-5-3-1;2-1-3/h8H,2-7H2,1H3;1-6H;1H,(H,2,3). The van der Waals surface area contributed by atoms with Crippen molar-refractivity contribution in [2.75, 3.05) is 25.0 Å². The fraction of sp³-hybridized carbons (Fsp3) is 0.533. The molecule has 0 radical (unpaired) electrons. The summed E-state index contributed by atoms with van der Waals surface area (Å²) in [5.74, 6) is 0.947. The Morgan fingerprint density at radius 2 is 1.53 bits per heavy atom. The van der Waals surface area contributed by atoms with Gasteiger partial charge in [0, 0.05) is 5.33 Å². The highest BCUT2D eigenvalue weighted by Gasteiger charge is 2.15. The van der Waals surface area contributed by atoms with Gasteiger partial charge in [-0.25, -0.2) is 0 Å². The highest BCUT2D eigenvalue weighted by Crippen LogP contribution is 2.18. The number of benzene rings is 1. The van der Waals surface area contributed by atoms with Crippen LogP contribution in [0.2, 0.25) is 0 Å². The summed E-state index contributed by atoms with van der Waals surface area (Å²) < 4.78 is 0. The van der Waals surface area contributed by atoms with Crippen LogP contribution < -0.4 is 0 Å². The molecule has 4 heteroatoms. The van der Waals surface area contributed by atoms with Crippen LogP contribution in [-0.2, 0) is 4.79 Å². The molecule has 0 unspecified atom stereocenters. The van der Waals surface area contributed by atoms with Gasteiger partial charge in [-0.3, -0.25) is 4.79 Å². The van der Waals surface area contributed by atoms with E-state index in [9.17, 15) is 0 Å².